The van der Waals surface area contributed by atoms with E-state index >= 15 is 0 Å². The number of hydrogen-bond acceptors (Lipinski definition) is 5. The number of hydrogen-bond donors (Lipinski definition) is 1. The maximum Gasteiger partial charge on any atom is 0.219 e. The van der Waals surface area contributed by atoms with Gasteiger partial charge >= 0.3 is 0 Å². The Hall–Kier alpha value is -2.91. The van der Waals surface area contributed by atoms with Crippen LogP contribution in [0, 0.1) is 11.3 Å². The minimum Gasteiger partial charge on any atom is -0.383 e. The predicted octanol–water partition coefficient (Wildman–Crippen LogP) is 2.73. The molecule has 1 atom stereocenters. The Kier molecular flexibility index (Phi) is 5.15. The summed E-state index contributed by atoms with van der Waals surface area (Å²) >= 11 is 0. The minimum atomic E-state index is 0.0251. The maximum atomic E-state index is 11.9. The lowest BCUT2D eigenvalue weighted by Gasteiger charge is -2.30. The third-order valence-corrected chi connectivity index (χ3v) is 5.39. The Balaban J connectivity index is 2.13. The van der Waals surface area contributed by atoms with Gasteiger partial charge in [-0.05, 0) is 32.1 Å². The molecule has 0 spiro atoms. The largest absolute Gasteiger partial charge is 0.383 e. The number of nitrogen functional groups attached to an aromatic ring is 1. The standard InChI is InChI=1S/C21H25N5O/c1-13(25(3)4)15-5-7-16(8-6-15)20-17(11-22)21(23)24-19-9-10-26(14(2)27)12-18(19)20/h5-8,13H,9-10,12H2,1-4H3,(H2,23,24). The fourth-order valence-electron chi connectivity index (χ4n) is 3.51. The Morgan fingerprint density at radius 3 is 2.56 bits per heavy atom. The second-order valence-electron chi connectivity index (χ2n) is 7.24. The van der Waals surface area contributed by atoms with E-state index in [0.717, 1.165) is 22.4 Å². The summed E-state index contributed by atoms with van der Waals surface area (Å²) in [5, 5.41) is 9.70. The number of nitriles is 1. The van der Waals surface area contributed by atoms with Crippen molar-refractivity contribution in [3.05, 3.63) is 46.6 Å². The smallest absolute Gasteiger partial charge is 0.219 e. The average molecular weight is 363 g/mol. The van der Waals surface area contributed by atoms with Gasteiger partial charge in [-0.1, -0.05) is 24.3 Å². The number of rotatable bonds is 3. The summed E-state index contributed by atoms with van der Waals surface area (Å²) in [6, 6.07) is 10.7. The van der Waals surface area contributed by atoms with Gasteiger partial charge in [-0.2, -0.15) is 5.26 Å². The lowest BCUT2D eigenvalue weighted by Crippen LogP contribution is -2.35. The zero-order chi connectivity index (χ0) is 19.7. The van der Waals surface area contributed by atoms with Crippen molar-refractivity contribution in [2.45, 2.75) is 32.9 Å². The van der Waals surface area contributed by atoms with Crippen LogP contribution in [0.1, 0.15) is 42.3 Å². The minimum absolute atomic E-state index is 0.0251. The molecule has 1 unspecified atom stereocenters. The van der Waals surface area contributed by atoms with Crippen LogP contribution in [0.2, 0.25) is 0 Å². The molecule has 0 saturated carbocycles. The quantitative estimate of drug-likeness (QED) is 0.906. The lowest BCUT2D eigenvalue weighted by molar-refractivity contribution is -0.129. The van der Waals surface area contributed by atoms with E-state index in [-0.39, 0.29) is 11.7 Å². The van der Waals surface area contributed by atoms with Gasteiger partial charge in [0.1, 0.15) is 17.5 Å². The Morgan fingerprint density at radius 2 is 2.00 bits per heavy atom. The van der Waals surface area contributed by atoms with Crippen molar-refractivity contribution in [1.29, 1.82) is 5.26 Å². The molecule has 140 valence electrons. The summed E-state index contributed by atoms with van der Waals surface area (Å²) < 4.78 is 0. The van der Waals surface area contributed by atoms with Crippen LogP contribution in [-0.2, 0) is 17.8 Å². The molecule has 0 saturated heterocycles. The molecule has 0 fully saturated rings. The van der Waals surface area contributed by atoms with E-state index in [1.807, 2.05) is 26.2 Å². The monoisotopic (exact) mass is 363 g/mol. The zero-order valence-electron chi connectivity index (χ0n) is 16.3. The molecule has 2 N–H and O–H groups in total. The van der Waals surface area contributed by atoms with E-state index in [2.05, 4.69) is 35.0 Å². The topological polar surface area (TPSA) is 86.2 Å². The summed E-state index contributed by atoms with van der Waals surface area (Å²) in [5.41, 5.74) is 11.2. The molecule has 0 aliphatic carbocycles. The van der Waals surface area contributed by atoms with Crippen molar-refractivity contribution in [1.82, 2.24) is 14.8 Å². The highest BCUT2D eigenvalue weighted by molar-refractivity contribution is 5.81. The van der Waals surface area contributed by atoms with Crippen molar-refractivity contribution in [3.63, 3.8) is 0 Å². The molecule has 6 heteroatoms. The van der Waals surface area contributed by atoms with E-state index in [0.29, 0.717) is 31.1 Å². The van der Waals surface area contributed by atoms with Crippen LogP contribution in [0.3, 0.4) is 0 Å². The third kappa shape index (κ3) is 3.51. The summed E-state index contributed by atoms with van der Waals surface area (Å²) in [6.07, 6.45) is 0.646. The van der Waals surface area contributed by atoms with Gasteiger partial charge in [-0.15, -0.1) is 0 Å². The zero-order valence-corrected chi connectivity index (χ0v) is 16.3. The van der Waals surface area contributed by atoms with Gasteiger partial charge in [-0.3, -0.25) is 4.79 Å². The number of nitrogens with zero attached hydrogens (tertiary/aromatic N) is 4. The first-order chi connectivity index (χ1) is 12.8. The molecule has 2 heterocycles. The Morgan fingerprint density at radius 1 is 1.33 bits per heavy atom. The average Bonchev–Trinajstić information content (AvgIpc) is 2.65. The first-order valence-electron chi connectivity index (χ1n) is 9.07. The second-order valence-corrected chi connectivity index (χ2v) is 7.24. The molecule has 3 rings (SSSR count). The van der Waals surface area contributed by atoms with E-state index in [4.69, 9.17) is 5.73 Å². The number of amides is 1. The second kappa shape index (κ2) is 7.37. The van der Waals surface area contributed by atoms with Gasteiger partial charge in [-0.25, -0.2) is 4.98 Å². The maximum absolute atomic E-state index is 11.9. The van der Waals surface area contributed by atoms with Crippen molar-refractivity contribution >= 4 is 11.7 Å². The van der Waals surface area contributed by atoms with Crippen LogP contribution in [0.5, 0.6) is 0 Å². The molecule has 1 aliphatic rings. The number of pyridine rings is 1. The third-order valence-electron chi connectivity index (χ3n) is 5.39. The fraction of sp³-hybridized carbons (Fsp3) is 0.381. The number of carbonyl (C=O) groups excluding carboxylic acids is 1. The number of fused-ring (bicyclic) bond motifs is 1. The van der Waals surface area contributed by atoms with E-state index < -0.39 is 0 Å². The molecular weight excluding hydrogens is 338 g/mol. The molecule has 1 amide bonds. The predicted molar refractivity (Wildman–Crippen MR) is 106 cm³/mol. The molecule has 0 radical (unpaired) electrons. The van der Waals surface area contributed by atoms with Gasteiger partial charge < -0.3 is 15.5 Å². The molecule has 6 nitrogen and oxygen atoms in total. The van der Waals surface area contributed by atoms with Gasteiger partial charge in [0.15, 0.2) is 0 Å². The molecule has 2 aromatic rings. The molecule has 0 bridgehead atoms. The van der Waals surface area contributed by atoms with Crippen molar-refractivity contribution in [2.24, 2.45) is 0 Å². The van der Waals surface area contributed by atoms with Crippen molar-refractivity contribution in [3.8, 4) is 17.2 Å². The van der Waals surface area contributed by atoms with Crippen LogP contribution >= 0.6 is 0 Å². The molecule has 1 aliphatic heterocycles. The summed E-state index contributed by atoms with van der Waals surface area (Å²) in [4.78, 5) is 20.2. The van der Waals surface area contributed by atoms with Crippen LogP contribution in [-0.4, -0.2) is 41.3 Å². The SMILES string of the molecule is CC(=O)N1CCc2nc(N)c(C#N)c(-c3ccc(C(C)N(C)C)cc3)c2C1. The molecule has 1 aromatic heterocycles. The number of benzene rings is 1. The first kappa shape index (κ1) is 18.9. The van der Waals surface area contributed by atoms with Gasteiger partial charge in [0, 0.05) is 43.6 Å². The van der Waals surface area contributed by atoms with Gasteiger partial charge in [0.2, 0.25) is 5.91 Å². The van der Waals surface area contributed by atoms with Gasteiger partial charge in [0.25, 0.3) is 0 Å². The van der Waals surface area contributed by atoms with E-state index in [1.54, 1.807) is 11.8 Å². The number of anilines is 1. The number of carbonyl (C=O) groups is 1. The normalized spacial score (nSPS) is 14.6. The number of nitrogens with two attached hydrogens (primary N) is 1. The number of aromatic nitrogens is 1. The van der Waals surface area contributed by atoms with Crippen LogP contribution < -0.4 is 5.73 Å². The fourth-order valence-corrected chi connectivity index (χ4v) is 3.51. The summed E-state index contributed by atoms with van der Waals surface area (Å²) in [6.45, 7) is 4.79. The summed E-state index contributed by atoms with van der Waals surface area (Å²) in [7, 11) is 4.09. The first-order valence-corrected chi connectivity index (χ1v) is 9.07. The van der Waals surface area contributed by atoms with Crippen LogP contribution in [0.15, 0.2) is 24.3 Å². The van der Waals surface area contributed by atoms with E-state index in [1.165, 1.54) is 5.56 Å². The highest BCUT2D eigenvalue weighted by Gasteiger charge is 2.26. The Labute approximate surface area is 160 Å². The molecular formula is C21H25N5O. The van der Waals surface area contributed by atoms with Crippen molar-refractivity contribution < 1.29 is 4.79 Å². The Bertz CT molecular complexity index is 912. The highest BCUT2D eigenvalue weighted by atomic mass is 16.2. The highest BCUT2D eigenvalue weighted by Crippen LogP contribution is 2.35. The van der Waals surface area contributed by atoms with Crippen LogP contribution in [0.4, 0.5) is 5.82 Å². The lowest BCUT2D eigenvalue weighted by atomic mass is 9.90. The molecule has 27 heavy (non-hydrogen) atoms. The summed E-state index contributed by atoms with van der Waals surface area (Å²) in [5.74, 6) is 0.283. The molecule has 1 aromatic carbocycles. The van der Waals surface area contributed by atoms with Crippen molar-refractivity contribution in [2.75, 3.05) is 26.4 Å². The van der Waals surface area contributed by atoms with Crippen LogP contribution in [0.25, 0.3) is 11.1 Å². The van der Waals surface area contributed by atoms with Gasteiger partial charge in [0.05, 0.1) is 5.69 Å². The van der Waals surface area contributed by atoms with E-state index in [9.17, 15) is 10.1 Å².